The molecule has 3 aromatic carbocycles. The Hall–Kier alpha value is -5.26. The fraction of sp³-hybridized carbons (Fsp3) is 0.189. The fourth-order valence-corrected chi connectivity index (χ4v) is 10.4. The quantitative estimate of drug-likeness (QED) is 0.186. The van der Waals surface area contributed by atoms with Crippen LogP contribution in [-0.2, 0) is 0 Å². The number of aryl methyl sites for hydroxylation is 1. The number of pyridine rings is 1. The molecule has 0 bridgehead atoms. The van der Waals surface area contributed by atoms with E-state index in [2.05, 4.69) is 134 Å². The van der Waals surface area contributed by atoms with Gasteiger partial charge in [-0.2, -0.15) is 5.26 Å². The van der Waals surface area contributed by atoms with Crippen LogP contribution in [0.3, 0.4) is 0 Å². The average Bonchev–Trinajstić information content (AvgIpc) is 3.49. The molecule has 0 fully saturated rings. The van der Waals surface area contributed by atoms with Crippen LogP contribution in [0.4, 0.5) is 5.95 Å². The van der Waals surface area contributed by atoms with Crippen molar-refractivity contribution < 1.29 is 4.43 Å². The van der Waals surface area contributed by atoms with E-state index in [1.54, 1.807) is 12.4 Å². The zero-order valence-corrected chi connectivity index (χ0v) is 27.2. The van der Waals surface area contributed by atoms with E-state index < -0.39 is 8.32 Å². The number of rotatable bonds is 8. The molecule has 0 saturated carbocycles. The maximum atomic E-state index is 9.81. The summed E-state index contributed by atoms with van der Waals surface area (Å²) in [4.78, 5) is 13.8. The number of nitriles is 1. The van der Waals surface area contributed by atoms with Gasteiger partial charge in [0.15, 0.2) is 0 Å². The Bertz CT molecular complexity index is 1940. The van der Waals surface area contributed by atoms with E-state index >= 15 is 0 Å². The normalized spacial score (nSPS) is 12.4. The molecule has 3 heterocycles. The van der Waals surface area contributed by atoms with Crippen molar-refractivity contribution in [2.24, 2.45) is 0 Å². The minimum Gasteiger partial charge on any atom is -0.534 e. The molecule has 1 unspecified atom stereocenters. The van der Waals surface area contributed by atoms with Crippen molar-refractivity contribution in [2.75, 3.05) is 5.32 Å². The molecule has 8 heteroatoms. The minimum atomic E-state index is -2.73. The van der Waals surface area contributed by atoms with Crippen LogP contribution < -0.4 is 20.1 Å². The van der Waals surface area contributed by atoms with Crippen LogP contribution in [0.15, 0.2) is 116 Å². The number of benzene rings is 3. The summed E-state index contributed by atoms with van der Waals surface area (Å²) in [5.74, 6) is 1.27. The number of aromatic nitrogens is 4. The second-order valence-electron chi connectivity index (χ2n) is 12.3. The van der Waals surface area contributed by atoms with E-state index in [0.29, 0.717) is 17.2 Å². The zero-order valence-electron chi connectivity index (χ0n) is 26.2. The van der Waals surface area contributed by atoms with Gasteiger partial charge in [0.25, 0.3) is 0 Å². The number of hydrogen-bond donors (Lipinski definition) is 1. The largest absolute Gasteiger partial charge is 0.534 e. The number of anilines is 1. The van der Waals surface area contributed by atoms with Crippen molar-refractivity contribution >= 4 is 30.3 Å². The average molecular weight is 609 g/mol. The molecular formula is C37H36N6OSi. The molecule has 7 nitrogen and oxygen atoms in total. The molecule has 0 radical (unpaired) electrons. The highest BCUT2D eigenvalue weighted by molar-refractivity contribution is 7.00. The van der Waals surface area contributed by atoms with E-state index in [0.717, 1.165) is 28.2 Å². The summed E-state index contributed by atoms with van der Waals surface area (Å²) in [6, 6.07) is 35.7. The smallest absolute Gasteiger partial charge is 0.319 e. The SMILES string of the molecule is Cc1cccn2c(-c3nc(NC(C)c4ccc(O[Si](c5ccccc5)(c5ccccc5)C(C)(C)C)cc4)ncc3C#N)cnc12. The molecule has 0 spiro atoms. The van der Waals surface area contributed by atoms with Crippen LogP contribution in [-0.4, -0.2) is 27.7 Å². The maximum absolute atomic E-state index is 9.81. The molecule has 1 N–H and O–H groups in total. The second kappa shape index (κ2) is 12.0. The van der Waals surface area contributed by atoms with E-state index in [9.17, 15) is 5.26 Å². The molecular weight excluding hydrogens is 573 g/mol. The van der Waals surface area contributed by atoms with E-state index in [1.165, 1.54) is 10.4 Å². The first-order valence-corrected chi connectivity index (χ1v) is 17.0. The first-order valence-electron chi connectivity index (χ1n) is 15.1. The summed E-state index contributed by atoms with van der Waals surface area (Å²) in [6.07, 6.45) is 5.25. The Labute approximate surface area is 265 Å². The standard InChI is InChI=1S/C37H36N6OSi/c1-26-13-12-22-43-33(25-39-35(26)43)34-29(23-38)24-40-36(42-34)41-27(2)28-18-20-30(21-19-28)44-45(37(3,4)5,31-14-8-6-9-15-31)32-16-10-7-11-17-32/h6-22,24-25,27H,1-5H3,(H,40,41,42). The van der Waals surface area contributed by atoms with Crippen LogP contribution >= 0.6 is 0 Å². The van der Waals surface area contributed by atoms with Crippen molar-refractivity contribution in [3.8, 4) is 23.2 Å². The fourth-order valence-electron chi connectivity index (χ4n) is 5.98. The Balaban J connectivity index is 1.29. The lowest BCUT2D eigenvalue weighted by Crippen LogP contribution is -2.68. The molecule has 6 rings (SSSR count). The summed E-state index contributed by atoms with van der Waals surface area (Å²) < 4.78 is 9.13. The molecule has 45 heavy (non-hydrogen) atoms. The predicted molar refractivity (Wildman–Crippen MR) is 182 cm³/mol. The Morgan fingerprint density at radius 1 is 0.844 bits per heavy atom. The van der Waals surface area contributed by atoms with Crippen molar-refractivity contribution in [3.05, 3.63) is 132 Å². The first-order chi connectivity index (χ1) is 21.7. The highest BCUT2D eigenvalue weighted by Gasteiger charge is 2.52. The third-order valence-corrected chi connectivity index (χ3v) is 13.2. The predicted octanol–water partition coefficient (Wildman–Crippen LogP) is 7.08. The summed E-state index contributed by atoms with van der Waals surface area (Å²) in [7, 11) is -2.73. The number of imidazole rings is 1. The molecule has 0 aliphatic rings. The van der Waals surface area contributed by atoms with Gasteiger partial charge in [0.05, 0.1) is 29.7 Å². The molecule has 224 valence electrons. The van der Waals surface area contributed by atoms with Gasteiger partial charge in [-0.3, -0.25) is 4.40 Å². The molecule has 0 amide bonds. The van der Waals surface area contributed by atoms with Crippen LogP contribution in [0.25, 0.3) is 17.0 Å². The Morgan fingerprint density at radius 3 is 2.09 bits per heavy atom. The highest BCUT2D eigenvalue weighted by atomic mass is 28.4. The zero-order chi connectivity index (χ0) is 31.6. The summed E-state index contributed by atoms with van der Waals surface area (Å²) in [5.41, 5.74) is 4.61. The van der Waals surface area contributed by atoms with Crippen LogP contribution in [0.1, 0.15) is 50.4 Å². The third kappa shape index (κ3) is 5.59. The van der Waals surface area contributed by atoms with Crippen molar-refractivity contribution in [3.63, 3.8) is 0 Å². The van der Waals surface area contributed by atoms with Crippen LogP contribution in [0.2, 0.25) is 5.04 Å². The first kappa shape index (κ1) is 29.8. The number of fused-ring (bicyclic) bond motifs is 1. The lowest BCUT2D eigenvalue weighted by molar-refractivity contribution is 0.508. The van der Waals surface area contributed by atoms with Crippen molar-refractivity contribution in [1.29, 1.82) is 5.26 Å². The summed E-state index contributed by atoms with van der Waals surface area (Å²) >= 11 is 0. The molecule has 1 atom stereocenters. The van der Waals surface area contributed by atoms with E-state index in [-0.39, 0.29) is 11.1 Å². The second-order valence-corrected chi connectivity index (χ2v) is 16.5. The Morgan fingerprint density at radius 2 is 1.49 bits per heavy atom. The van der Waals surface area contributed by atoms with Gasteiger partial charge in [-0.1, -0.05) is 99.6 Å². The molecule has 0 aliphatic heterocycles. The summed E-state index contributed by atoms with van der Waals surface area (Å²) in [6.45, 7) is 10.9. The maximum Gasteiger partial charge on any atom is 0.319 e. The van der Waals surface area contributed by atoms with E-state index in [4.69, 9.17) is 9.41 Å². The van der Waals surface area contributed by atoms with Gasteiger partial charge in [0.1, 0.15) is 23.2 Å². The van der Waals surface area contributed by atoms with Gasteiger partial charge in [0.2, 0.25) is 5.95 Å². The molecule has 3 aromatic heterocycles. The molecule has 6 aromatic rings. The van der Waals surface area contributed by atoms with Gasteiger partial charge in [-0.15, -0.1) is 0 Å². The summed E-state index contributed by atoms with van der Waals surface area (Å²) in [5, 5.41) is 15.6. The monoisotopic (exact) mass is 608 g/mol. The van der Waals surface area contributed by atoms with Gasteiger partial charge >= 0.3 is 8.32 Å². The van der Waals surface area contributed by atoms with Crippen LogP contribution in [0, 0.1) is 18.3 Å². The number of nitrogens with zero attached hydrogens (tertiary/aromatic N) is 5. The van der Waals surface area contributed by atoms with Gasteiger partial charge < -0.3 is 9.74 Å². The number of nitrogens with one attached hydrogen (secondary N) is 1. The molecule has 0 aliphatic carbocycles. The van der Waals surface area contributed by atoms with Crippen LogP contribution in [0.5, 0.6) is 5.75 Å². The number of hydrogen-bond acceptors (Lipinski definition) is 6. The van der Waals surface area contributed by atoms with Gasteiger partial charge in [-0.05, 0) is 58.6 Å². The third-order valence-electron chi connectivity index (χ3n) is 8.30. The highest BCUT2D eigenvalue weighted by Crippen LogP contribution is 2.38. The topological polar surface area (TPSA) is 88.1 Å². The lowest BCUT2D eigenvalue weighted by atomic mass is 10.1. The van der Waals surface area contributed by atoms with Crippen molar-refractivity contribution in [2.45, 2.75) is 45.7 Å². The Kier molecular flexibility index (Phi) is 7.96. The molecule has 0 saturated heterocycles. The van der Waals surface area contributed by atoms with E-state index in [1.807, 2.05) is 29.7 Å². The lowest BCUT2D eigenvalue weighted by Gasteiger charge is -2.43. The van der Waals surface area contributed by atoms with Crippen molar-refractivity contribution in [1.82, 2.24) is 19.4 Å². The van der Waals surface area contributed by atoms with Gasteiger partial charge in [0, 0.05) is 6.20 Å². The minimum absolute atomic E-state index is 0.0999. The van der Waals surface area contributed by atoms with Gasteiger partial charge in [-0.25, -0.2) is 15.0 Å².